The van der Waals surface area contributed by atoms with Crippen LogP contribution in [0.4, 0.5) is 0 Å². The van der Waals surface area contributed by atoms with Crippen molar-refractivity contribution in [2.45, 2.75) is 49.9 Å². The minimum Gasteiger partial charge on any atom is -0.358 e. The van der Waals surface area contributed by atoms with E-state index in [-0.39, 0.29) is 5.41 Å². The van der Waals surface area contributed by atoms with Crippen LogP contribution in [-0.4, -0.2) is 13.0 Å². The van der Waals surface area contributed by atoms with Crippen LogP contribution < -0.4 is 5.32 Å². The van der Waals surface area contributed by atoms with Gasteiger partial charge < -0.3 is 5.32 Å². The monoisotopic (exact) mass is 282 g/mol. The van der Waals surface area contributed by atoms with Crippen molar-refractivity contribution in [1.82, 2.24) is 5.32 Å². The van der Waals surface area contributed by atoms with Crippen molar-refractivity contribution in [2.24, 2.45) is 5.92 Å². The molecule has 110 valence electrons. The first-order valence-corrected chi connectivity index (χ1v) is 7.96. The second kappa shape index (κ2) is 5.89. The van der Waals surface area contributed by atoms with Gasteiger partial charge in [0.1, 0.15) is 0 Å². The highest BCUT2D eigenvalue weighted by molar-refractivity contribution is 5.45. The van der Waals surface area contributed by atoms with E-state index in [0.717, 1.165) is 25.8 Å². The molecule has 0 radical (unpaired) electrons. The van der Waals surface area contributed by atoms with Gasteiger partial charge in [-0.1, -0.05) is 24.3 Å². The first-order valence-electron chi connectivity index (χ1n) is 7.96. The predicted molar refractivity (Wildman–Crippen MR) is 81.7 cm³/mol. The normalized spacial score (nSPS) is 26.6. The second-order valence-electron chi connectivity index (χ2n) is 6.56. The topological polar surface area (TPSA) is 52.9 Å². The molecule has 1 amide bonds. The maximum atomic E-state index is 10.4. The summed E-state index contributed by atoms with van der Waals surface area (Å²) in [5.41, 5.74) is 2.43. The van der Waals surface area contributed by atoms with Gasteiger partial charge in [-0.25, -0.2) is 0 Å². The van der Waals surface area contributed by atoms with Crippen LogP contribution in [0.25, 0.3) is 0 Å². The quantitative estimate of drug-likeness (QED) is 0.843. The number of hydrogen-bond acceptors (Lipinski definition) is 2. The van der Waals surface area contributed by atoms with Gasteiger partial charge in [0.2, 0.25) is 6.41 Å². The SMILES string of the molecule is N#CC1(c2cccc(C3CCC(CNC=O)CC3)c2)CC1. The summed E-state index contributed by atoms with van der Waals surface area (Å²) in [7, 11) is 0. The molecule has 0 unspecified atom stereocenters. The van der Waals surface area contributed by atoms with Crippen molar-refractivity contribution in [3.8, 4) is 6.07 Å². The Bertz CT molecular complexity index is 549. The van der Waals surface area contributed by atoms with Crippen LogP contribution in [0, 0.1) is 17.2 Å². The first-order chi connectivity index (χ1) is 10.3. The molecule has 2 aliphatic rings. The maximum absolute atomic E-state index is 10.4. The van der Waals surface area contributed by atoms with Crippen LogP contribution >= 0.6 is 0 Å². The summed E-state index contributed by atoms with van der Waals surface area (Å²) in [5.74, 6) is 1.25. The van der Waals surface area contributed by atoms with E-state index in [2.05, 4.69) is 35.7 Å². The van der Waals surface area contributed by atoms with E-state index in [1.807, 2.05) is 0 Å². The summed E-state index contributed by atoms with van der Waals surface area (Å²) in [6.07, 6.45) is 7.56. The Kier molecular flexibility index (Phi) is 3.96. The number of benzene rings is 1. The van der Waals surface area contributed by atoms with Gasteiger partial charge in [-0.05, 0) is 61.5 Å². The van der Waals surface area contributed by atoms with Crippen molar-refractivity contribution >= 4 is 6.41 Å². The van der Waals surface area contributed by atoms with Crippen molar-refractivity contribution < 1.29 is 4.79 Å². The fourth-order valence-corrected chi connectivity index (χ4v) is 3.59. The van der Waals surface area contributed by atoms with Crippen LogP contribution in [-0.2, 0) is 10.2 Å². The van der Waals surface area contributed by atoms with Crippen molar-refractivity contribution in [3.05, 3.63) is 35.4 Å². The number of amides is 1. The van der Waals surface area contributed by atoms with Gasteiger partial charge in [-0.15, -0.1) is 0 Å². The molecule has 2 saturated carbocycles. The first kappa shape index (κ1) is 14.1. The summed E-state index contributed by atoms with van der Waals surface area (Å²) >= 11 is 0. The molecule has 1 aromatic rings. The van der Waals surface area contributed by atoms with Crippen LogP contribution in [0.3, 0.4) is 0 Å². The van der Waals surface area contributed by atoms with Crippen molar-refractivity contribution in [3.63, 3.8) is 0 Å². The van der Waals surface area contributed by atoms with E-state index >= 15 is 0 Å². The van der Waals surface area contributed by atoms with Gasteiger partial charge in [-0.2, -0.15) is 5.26 Å². The molecule has 0 spiro atoms. The van der Waals surface area contributed by atoms with E-state index in [1.54, 1.807) is 0 Å². The standard InChI is InChI=1S/C18H22N2O/c19-12-18(8-9-18)17-3-1-2-16(10-17)15-6-4-14(5-7-15)11-20-13-21/h1-3,10,13-15H,4-9,11H2,(H,20,21). The third-order valence-electron chi connectivity index (χ3n) is 5.21. The Labute approximate surface area is 126 Å². The molecule has 0 heterocycles. The lowest BCUT2D eigenvalue weighted by atomic mass is 9.78. The molecule has 2 aliphatic carbocycles. The zero-order valence-electron chi connectivity index (χ0n) is 12.3. The van der Waals surface area contributed by atoms with Crippen LogP contribution in [0.5, 0.6) is 0 Å². The number of carbonyl (C=O) groups excluding carboxylic acids is 1. The van der Waals surface area contributed by atoms with Gasteiger partial charge in [0.15, 0.2) is 0 Å². The molecule has 0 saturated heterocycles. The number of nitrogens with zero attached hydrogens (tertiary/aromatic N) is 1. The minimum absolute atomic E-state index is 0.179. The summed E-state index contributed by atoms with van der Waals surface area (Å²) in [5, 5.41) is 12.1. The van der Waals surface area contributed by atoms with E-state index in [1.165, 1.54) is 36.8 Å². The molecule has 0 aliphatic heterocycles. The molecular weight excluding hydrogens is 260 g/mol. The zero-order chi connectivity index (χ0) is 14.7. The molecule has 3 nitrogen and oxygen atoms in total. The van der Waals surface area contributed by atoms with Gasteiger partial charge in [-0.3, -0.25) is 4.79 Å². The Morgan fingerprint density at radius 1 is 1.29 bits per heavy atom. The smallest absolute Gasteiger partial charge is 0.207 e. The summed E-state index contributed by atoms with van der Waals surface area (Å²) < 4.78 is 0. The zero-order valence-corrected chi connectivity index (χ0v) is 12.3. The lowest BCUT2D eigenvalue weighted by Crippen LogP contribution is -2.25. The molecule has 0 aromatic heterocycles. The highest BCUT2D eigenvalue weighted by atomic mass is 16.1. The van der Waals surface area contributed by atoms with Gasteiger partial charge in [0.05, 0.1) is 11.5 Å². The van der Waals surface area contributed by atoms with Crippen LogP contribution in [0.15, 0.2) is 24.3 Å². The number of nitrogens with one attached hydrogen (secondary N) is 1. The third kappa shape index (κ3) is 2.95. The molecule has 1 aromatic carbocycles. The molecular formula is C18H22N2O. The summed E-state index contributed by atoms with van der Waals surface area (Å²) in [4.78, 5) is 10.4. The van der Waals surface area contributed by atoms with Crippen molar-refractivity contribution in [2.75, 3.05) is 6.54 Å². The molecule has 3 heteroatoms. The molecule has 2 fully saturated rings. The van der Waals surface area contributed by atoms with Crippen LogP contribution in [0.2, 0.25) is 0 Å². The van der Waals surface area contributed by atoms with Crippen LogP contribution in [0.1, 0.15) is 55.6 Å². The maximum Gasteiger partial charge on any atom is 0.207 e. The summed E-state index contributed by atoms with van der Waals surface area (Å²) in [6, 6.07) is 11.2. The number of carbonyl (C=O) groups is 1. The molecule has 21 heavy (non-hydrogen) atoms. The number of rotatable bonds is 5. The van der Waals surface area contributed by atoms with Crippen molar-refractivity contribution in [1.29, 1.82) is 5.26 Å². The Morgan fingerprint density at radius 3 is 2.67 bits per heavy atom. The molecule has 1 N–H and O–H groups in total. The van der Waals surface area contributed by atoms with E-state index < -0.39 is 0 Å². The van der Waals surface area contributed by atoms with Gasteiger partial charge >= 0.3 is 0 Å². The highest BCUT2D eigenvalue weighted by Crippen LogP contribution is 2.48. The third-order valence-corrected chi connectivity index (χ3v) is 5.21. The number of nitriles is 1. The lowest BCUT2D eigenvalue weighted by Gasteiger charge is -2.29. The fraction of sp³-hybridized carbons (Fsp3) is 0.556. The van der Waals surface area contributed by atoms with E-state index in [4.69, 9.17) is 0 Å². The largest absolute Gasteiger partial charge is 0.358 e. The fourth-order valence-electron chi connectivity index (χ4n) is 3.59. The van der Waals surface area contributed by atoms with E-state index in [0.29, 0.717) is 11.8 Å². The Morgan fingerprint density at radius 2 is 2.05 bits per heavy atom. The number of hydrogen-bond donors (Lipinski definition) is 1. The minimum atomic E-state index is -0.179. The average Bonchev–Trinajstić information content (AvgIpc) is 3.35. The highest BCUT2D eigenvalue weighted by Gasteiger charge is 2.45. The Balaban J connectivity index is 1.65. The Hall–Kier alpha value is -1.82. The van der Waals surface area contributed by atoms with E-state index in [9.17, 15) is 10.1 Å². The predicted octanol–water partition coefficient (Wildman–Crippen LogP) is 3.26. The summed E-state index contributed by atoms with van der Waals surface area (Å²) in [6.45, 7) is 0.813. The van der Waals surface area contributed by atoms with Gasteiger partial charge in [0.25, 0.3) is 0 Å². The molecule has 0 atom stereocenters. The average molecular weight is 282 g/mol. The lowest BCUT2D eigenvalue weighted by molar-refractivity contribution is -0.109. The molecule has 3 rings (SSSR count). The molecule has 0 bridgehead atoms. The van der Waals surface area contributed by atoms with Gasteiger partial charge in [0, 0.05) is 6.54 Å². The second-order valence-corrected chi connectivity index (χ2v) is 6.56.